The maximum Gasteiger partial charge on any atom is 0.335 e. The highest BCUT2D eigenvalue weighted by Gasteiger charge is 2.03. The third-order valence-corrected chi connectivity index (χ3v) is 1.56. The second-order valence-electron chi connectivity index (χ2n) is 2.57. The molecule has 0 aliphatic rings. The Balaban J connectivity index is 2.81. The van der Waals surface area contributed by atoms with Crippen molar-refractivity contribution < 1.29 is 19.8 Å². The summed E-state index contributed by atoms with van der Waals surface area (Å²) in [6.07, 6.45) is -0.0834. The second-order valence-corrected chi connectivity index (χ2v) is 2.57. The van der Waals surface area contributed by atoms with Crippen LogP contribution in [0.2, 0.25) is 0 Å². The lowest BCUT2D eigenvalue weighted by atomic mass is 10.1. The maximum absolute atomic E-state index is 10.4. The lowest BCUT2D eigenvalue weighted by Gasteiger charge is -1.97. The SMILES string of the molecule is O=C(O)c1ccc(C[14C](=O)O)cc1. The van der Waals surface area contributed by atoms with Crippen molar-refractivity contribution in [1.82, 2.24) is 0 Å². The molecule has 0 aromatic heterocycles. The Bertz CT molecular complexity index is 326. The van der Waals surface area contributed by atoms with Gasteiger partial charge in [-0.25, -0.2) is 4.79 Å². The molecule has 0 bridgehead atoms. The average Bonchev–Trinajstić information content (AvgIpc) is 2.04. The second kappa shape index (κ2) is 3.71. The van der Waals surface area contributed by atoms with E-state index in [9.17, 15) is 9.59 Å². The van der Waals surface area contributed by atoms with Gasteiger partial charge in [0.05, 0.1) is 12.0 Å². The number of carbonyl (C=O) groups is 2. The van der Waals surface area contributed by atoms with Crippen LogP contribution in [0.5, 0.6) is 0 Å². The molecule has 0 atom stereocenters. The Labute approximate surface area is 74.4 Å². The van der Waals surface area contributed by atoms with E-state index in [1.807, 2.05) is 0 Å². The van der Waals surface area contributed by atoms with Crippen LogP contribution in [0.25, 0.3) is 0 Å². The van der Waals surface area contributed by atoms with Gasteiger partial charge in [-0.1, -0.05) is 12.1 Å². The van der Waals surface area contributed by atoms with Gasteiger partial charge in [-0.15, -0.1) is 0 Å². The van der Waals surface area contributed by atoms with Gasteiger partial charge in [-0.3, -0.25) is 4.79 Å². The standard InChI is InChI=1S/C9H8O4/c10-8(11)5-6-1-3-7(4-2-6)9(12)13/h1-4H,5H2,(H,10,11)(H,12,13)/i8+2. The number of hydrogen-bond acceptors (Lipinski definition) is 2. The minimum atomic E-state index is -1.01. The molecule has 0 amide bonds. The Morgan fingerprint density at radius 1 is 1.31 bits per heavy atom. The molecule has 2 N–H and O–H groups in total. The molecule has 0 heterocycles. The van der Waals surface area contributed by atoms with E-state index < -0.39 is 11.9 Å². The summed E-state index contributed by atoms with van der Waals surface area (Å²) in [6.45, 7) is 0. The van der Waals surface area contributed by atoms with E-state index in [1.54, 1.807) is 0 Å². The Kier molecular flexibility index (Phi) is 2.64. The lowest BCUT2D eigenvalue weighted by molar-refractivity contribution is -0.136. The largest absolute Gasteiger partial charge is 0.481 e. The summed E-state index contributed by atoms with van der Waals surface area (Å²) < 4.78 is 0. The molecule has 0 spiro atoms. The van der Waals surface area contributed by atoms with Gasteiger partial charge in [0, 0.05) is 0 Å². The summed E-state index contributed by atoms with van der Waals surface area (Å²) in [5.74, 6) is -1.94. The summed E-state index contributed by atoms with van der Waals surface area (Å²) in [5, 5.41) is 17.0. The first-order chi connectivity index (χ1) is 6.09. The first-order valence-corrected chi connectivity index (χ1v) is 3.63. The van der Waals surface area contributed by atoms with Crippen LogP contribution in [0.3, 0.4) is 0 Å². The molecule has 4 nitrogen and oxygen atoms in total. The molecule has 4 heteroatoms. The zero-order chi connectivity index (χ0) is 9.84. The van der Waals surface area contributed by atoms with Crippen molar-refractivity contribution in [3.8, 4) is 0 Å². The fourth-order valence-corrected chi connectivity index (χ4v) is 0.940. The van der Waals surface area contributed by atoms with Crippen LogP contribution in [0, 0.1) is 0 Å². The molecule has 0 aliphatic carbocycles. The number of aromatic carboxylic acids is 1. The van der Waals surface area contributed by atoms with E-state index in [0.29, 0.717) is 5.56 Å². The number of aliphatic carboxylic acids is 1. The molecule has 13 heavy (non-hydrogen) atoms. The van der Waals surface area contributed by atoms with Gasteiger partial charge in [0.25, 0.3) is 0 Å². The molecule has 1 rings (SSSR count). The molecule has 0 unspecified atom stereocenters. The van der Waals surface area contributed by atoms with Gasteiger partial charge in [0.15, 0.2) is 0 Å². The van der Waals surface area contributed by atoms with Crippen molar-refractivity contribution in [2.24, 2.45) is 0 Å². The normalized spacial score (nSPS) is 9.54. The molecule has 0 aliphatic heterocycles. The van der Waals surface area contributed by atoms with Gasteiger partial charge >= 0.3 is 11.9 Å². The van der Waals surface area contributed by atoms with Crippen LogP contribution in [-0.4, -0.2) is 22.2 Å². The third kappa shape index (κ3) is 2.59. The van der Waals surface area contributed by atoms with E-state index in [-0.39, 0.29) is 12.0 Å². The topological polar surface area (TPSA) is 74.6 Å². The molecule has 0 saturated carbocycles. The predicted molar refractivity (Wildman–Crippen MR) is 44.7 cm³/mol. The van der Waals surface area contributed by atoms with Gasteiger partial charge in [-0.2, -0.15) is 0 Å². The zero-order valence-electron chi connectivity index (χ0n) is 6.73. The average molecular weight is 182 g/mol. The van der Waals surface area contributed by atoms with Crippen molar-refractivity contribution in [2.45, 2.75) is 6.42 Å². The molecule has 1 aromatic rings. The zero-order valence-corrected chi connectivity index (χ0v) is 6.73. The van der Waals surface area contributed by atoms with Crippen molar-refractivity contribution in [3.63, 3.8) is 0 Å². The smallest absolute Gasteiger partial charge is 0.335 e. The molecular formula is C9H8O4. The van der Waals surface area contributed by atoms with Crippen LogP contribution in [-0.2, 0) is 11.2 Å². The highest BCUT2D eigenvalue weighted by Crippen LogP contribution is 2.04. The van der Waals surface area contributed by atoms with E-state index in [0.717, 1.165) is 0 Å². The van der Waals surface area contributed by atoms with Gasteiger partial charge in [-0.05, 0) is 17.7 Å². The highest BCUT2D eigenvalue weighted by atomic mass is 16.6. The molecule has 68 valence electrons. The molecular weight excluding hydrogens is 174 g/mol. The lowest BCUT2D eigenvalue weighted by Crippen LogP contribution is -2.01. The fourth-order valence-electron chi connectivity index (χ4n) is 0.940. The summed E-state index contributed by atoms with van der Waals surface area (Å²) in [6, 6.07) is 5.77. The van der Waals surface area contributed by atoms with Crippen LogP contribution in [0.15, 0.2) is 24.3 Å². The van der Waals surface area contributed by atoms with Crippen LogP contribution >= 0.6 is 0 Å². The van der Waals surface area contributed by atoms with Crippen LogP contribution in [0.1, 0.15) is 15.9 Å². The summed E-state index contributed by atoms with van der Waals surface area (Å²) in [7, 11) is 0. The molecule has 0 fully saturated rings. The number of benzene rings is 1. The first kappa shape index (κ1) is 9.25. The third-order valence-electron chi connectivity index (χ3n) is 1.56. The van der Waals surface area contributed by atoms with E-state index in [1.165, 1.54) is 24.3 Å². The van der Waals surface area contributed by atoms with E-state index >= 15 is 0 Å². The predicted octanol–water partition coefficient (Wildman–Crippen LogP) is 1.01. The first-order valence-electron chi connectivity index (χ1n) is 3.63. The summed E-state index contributed by atoms with van der Waals surface area (Å²) >= 11 is 0. The van der Waals surface area contributed by atoms with Crippen LogP contribution < -0.4 is 0 Å². The number of carboxylic acid groups (broad SMARTS) is 2. The summed E-state index contributed by atoms with van der Waals surface area (Å²) in [4.78, 5) is 20.7. The van der Waals surface area contributed by atoms with Crippen LogP contribution in [0.4, 0.5) is 0 Å². The van der Waals surface area contributed by atoms with Crippen molar-refractivity contribution in [2.75, 3.05) is 0 Å². The molecule has 0 radical (unpaired) electrons. The highest BCUT2D eigenvalue weighted by molar-refractivity contribution is 5.87. The minimum absolute atomic E-state index is 0.0834. The number of hydrogen-bond donors (Lipinski definition) is 2. The molecule has 0 saturated heterocycles. The minimum Gasteiger partial charge on any atom is -0.481 e. The quantitative estimate of drug-likeness (QED) is 0.731. The van der Waals surface area contributed by atoms with Crippen molar-refractivity contribution in [3.05, 3.63) is 35.4 Å². The monoisotopic (exact) mass is 182 g/mol. The maximum atomic E-state index is 10.4. The van der Waals surface area contributed by atoms with Gasteiger partial charge in [0.1, 0.15) is 0 Å². The van der Waals surface area contributed by atoms with Crippen molar-refractivity contribution in [1.29, 1.82) is 0 Å². The fraction of sp³-hybridized carbons (Fsp3) is 0.111. The number of rotatable bonds is 3. The Morgan fingerprint density at radius 2 is 1.85 bits per heavy atom. The Morgan fingerprint density at radius 3 is 2.23 bits per heavy atom. The van der Waals surface area contributed by atoms with E-state index in [2.05, 4.69) is 0 Å². The van der Waals surface area contributed by atoms with Gasteiger partial charge in [0.2, 0.25) is 0 Å². The molecule has 1 aromatic carbocycles. The van der Waals surface area contributed by atoms with E-state index in [4.69, 9.17) is 10.2 Å². The summed E-state index contributed by atoms with van der Waals surface area (Å²) in [5.41, 5.74) is 0.756. The Hall–Kier alpha value is -1.84. The van der Waals surface area contributed by atoms with Gasteiger partial charge < -0.3 is 10.2 Å². The van der Waals surface area contributed by atoms with Crippen molar-refractivity contribution >= 4 is 11.9 Å². The number of carboxylic acids is 2.